The Kier molecular flexibility index (Phi) is 4.13. The van der Waals surface area contributed by atoms with Gasteiger partial charge in [0.1, 0.15) is 0 Å². The topological polar surface area (TPSA) is 23.6 Å². The zero-order chi connectivity index (χ0) is 14.1. The van der Waals surface area contributed by atoms with Crippen LogP contribution in [0.2, 0.25) is 0 Å². The number of amides is 1. The lowest BCUT2D eigenvalue weighted by Gasteiger charge is -2.38. The van der Waals surface area contributed by atoms with Crippen molar-refractivity contribution in [3.63, 3.8) is 0 Å². The second kappa shape index (κ2) is 5.86. The van der Waals surface area contributed by atoms with Crippen molar-refractivity contribution in [2.24, 2.45) is 5.92 Å². The zero-order valence-corrected chi connectivity index (χ0v) is 13.5. The van der Waals surface area contributed by atoms with Gasteiger partial charge in [0.2, 0.25) is 5.91 Å². The highest BCUT2D eigenvalue weighted by molar-refractivity contribution is 9.10. The predicted molar refractivity (Wildman–Crippen MR) is 83.4 cm³/mol. The molecule has 0 spiro atoms. The summed E-state index contributed by atoms with van der Waals surface area (Å²) in [5.41, 5.74) is 1.34. The van der Waals surface area contributed by atoms with Crippen LogP contribution in [0.5, 0.6) is 0 Å². The van der Waals surface area contributed by atoms with Gasteiger partial charge in [-0.05, 0) is 37.5 Å². The van der Waals surface area contributed by atoms with Crippen LogP contribution in [-0.2, 0) is 4.79 Å². The van der Waals surface area contributed by atoms with Crippen molar-refractivity contribution in [2.75, 3.05) is 26.2 Å². The summed E-state index contributed by atoms with van der Waals surface area (Å²) in [6.45, 7) is 5.99. The van der Waals surface area contributed by atoms with Crippen LogP contribution in [0.1, 0.15) is 31.4 Å². The molecule has 0 unspecified atom stereocenters. The summed E-state index contributed by atoms with van der Waals surface area (Å²) in [6.07, 6.45) is 2.21. The molecule has 3 nitrogen and oxygen atoms in total. The predicted octanol–water partition coefficient (Wildman–Crippen LogP) is 3.06. The number of piperazine rings is 1. The van der Waals surface area contributed by atoms with E-state index in [1.807, 2.05) is 0 Å². The number of halogens is 1. The minimum absolute atomic E-state index is 0.352. The van der Waals surface area contributed by atoms with Crippen LogP contribution in [0, 0.1) is 5.92 Å². The van der Waals surface area contributed by atoms with Gasteiger partial charge in [0.15, 0.2) is 0 Å². The maximum absolute atomic E-state index is 12.0. The summed E-state index contributed by atoms with van der Waals surface area (Å²) >= 11 is 3.48. The third-order valence-corrected chi connectivity index (χ3v) is 4.98. The van der Waals surface area contributed by atoms with Crippen LogP contribution in [0.4, 0.5) is 0 Å². The van der Waals surface area contributed by atoms with E-state index in [9.17, 15) is 4.79 Å². The molecule has 1 aliphatic heterocycles. The Balaban J connectivity index is 1.57. The van der Waals surface area contributed by atoms with E-state index in [0.29, 0.717) is 17.9 Å². The van der Waals surface area contributed by atoms with Crippen LogP contribution < -0.4 is 0 Å². The first kappa shape index (κ1) is 14.1. The molecule has 0 radical (unpaired) electrons. The van der Waals surface area contributed by atoms with Gasteiger partial charge in [-0.15, -0.1) is 0 Å². The molecule has 20 heavy (non-hydrogen) atoms. The molecule has 2 fully saturated rings. The van der Waals surface area contributed by atoms with Gasteiger partial charge < -0.3 is 4.90 Å². The van der Waals surface area contributed by atoms with Crippen LogP contribution >= 0.6 is 15.9 Å². The first-order valence-corrected chi connectivity index (χ1v) is 8.23. The van der Waals surface area contributed by atoms with E-state index in [0.717, 1.165) is 43.5 Å². The van der Waals surface area contributed by atoms with Crippen molar-refractivity contribution in [3.8, 4) is 0 Å². The second-order valence-electron chi connectivity index (χ2n) is 5.86. The Morgan fingerprint density at radius 3 is 2.30 bits per heavy atom. The number of benzene rings is 1. The van der Waals surface area contributed by atoms with E-state index in [-0.39, 0.29) is 0 Å². The minimum atomic E-state index is 0.352. The van der Waals surface area contributed by atoms with E-state index >= 15 is 0 Å². The van der Waals surface area contributed by atoms with Gasteiger partial charge in [-0.25, -0.2) is 0 Å². The quantitative estimate of drug-likeness (QED) is 0.846. The Bertz CT molecular complexity index is 476. The highest BCUT2D eigenvalue weighted by Gasteiger charge is 2.35. The molecule has 108 valence electrons. The molecule has 1 saturated heterocycles. The lowest BCUT2D eigenvalue weighted by Crippen LogP contribution is -2.49. The van der Waals surface area contributed by atoms with Gasteiger partial charge in [-0.3, -0.25) is 9.69 Å². The standard InChI is InChI=1S/C16H21BrN2O/c1-12(13-4-6-15(17)7-5-13)18-8-10-19(11-9-18)16(20)14-2-3-14/h4-7,12,14H,2-3,8-11H2,1H3/t12-/m1/s1. The SMILES string of the molecule is C[C@H](c1ccc(Br)cc1)N1CCN(C(=O)C2CC2)CC1. The molecule has 1 amide bonds. The molecule has 1 aromatic rings. The third kappa shape index (κ3) is 3.07. The largest absolute Gasteiger partial charge is 0.340 e. The first-order chi connectivity index (χ1) is 9.65. The molecule has 1 saturated carbocycles. The molecule has 0 N–H and O–H groups in total. The summed E-state index contributed by atoms with van der Waals surface area (Å²) < 4.78 is 1.12. The van der Waals surface area contributed by atoms with Gasteiger partial charge in [0, 0.05) is 42.6 Å². The number of hydrogen-bond acceptors (Lipinski definition) is 2. The van der Waals surface area contributed by atoms with Crippen LogP contribution in [0.25, 0.3) is 0 Å². The van der Waals surface area contributed by atoms with Gasteiger partial charge in [0.05, 0.1) is 0 Å². The second-order valence-corrected chi connectivity index (χ2v) is 6.78. The Morgan fingerprint density at radius 1 is 1.15 bits per heavy atom. The maximum Gasteiger partial charge on any atom is 0.225 e. The summed E-state index contributed by atoms with van der Waals surface area (Å²) in [5.74, 6) is 0.742. The molecule has 4 heteroatoms. The summed E-state index contributed by atoms with van der Waals surface area (Å²) in [5, 5.41) is 0. The van der Waals surface area contributed by atoms with E-state index in [4.69, 9.17) is 0 Å². The van der Waals surface area contributed by atoms with Crippen LogP contribution in [-0.4, -0.2) is 41.9 Å². The van der Waals surface area contributed by atoms with Crippen molar-refractivity contribution in [1.82, 2.24) is 9.80 Å². The molecule has 0 aromatic heterocycles. The molecule has 3 rings (SSSR count). The van der Waals surface area contributed by atoms with Gasteiger partial charge in [0.25, 0.3) is 0 Å². The minimum Gasteiger partial charge on any atom is -0.340 e. The number of carbonyl (C=O) groups excluding carboxylic acids is 1. The first-order valence-electron chi connectivity index (χ1n) is 7.43. The third-order valence-electron chi connectivity index (χ3n) is 4.45. The van der Waals surface area contributed by atoms with E-state index in [1.54, 1.807) is 0 Å². The van der Waals surface area contributed by atoms with Crippen LogP contribution in [0.3, 0.4) is 0 Å². The zero-order valence-electron chi connectivity index (χ0n) is 11.9. The fourth-order valence-corrected chi connectivity index (χ4v) is 3.13. The lowest BCUT2D eigenvalue weighted by molar-refractivity contribution is -0.134. The van der Waals surface area contributed by atoms with E-state index < -0.39 is 0 Å². The molecule has 2 aliphatic rings. The average Bonchev–Trinajstić information content (AvgIpc) is 3.31. The number of nitrogens with zero attached hydrogens (tertiary/aromatic N) is 2. The monoisotopic (exact) mass is 336 g/mol. The maximum atomic E-state index is 12.0. The van der Waals surface area contributed by atoms with Crippen molar-refractivity contribution in [3.05, 3.63) is 34.3 Å². The van der Waals surface area contributed by atoms with E-state index in [2.05, 4.69) is 56.9 Å². The smallest absolute Gasteiger partial charge is 0.225 e. The van der Waals surface area contributed by atoms with Gasteiger partial charge in [-0.1, -0.05) is 28.1 Å². The highest BCUT2D eigenvalue weighted by atomic mass is 79.9. The fraction of sp³-hybridized carbons (Fsp3) is 0.562. The Hall–Kier alpha value is -0.870. The molecule has 1 atom stereocenters. The molecule has 1 aromatic carbocycles. The van der Waals surface area contributed by atoms with Crippen molar-refractivity contribution in [1.29, 1.82) is 0 Å². The molecular weight excluding hydrogens is 316 g/mol. The van der Waals surface area contributed by atoms with Gasteiger partial charge in [-0.2, -0.15) is 0 Å². The molecule has 1 heterocycles. The Morgan fingerprint density at radius 2 is 1.75 bits per heavy atom. The normalized spacial score (nSPS) is 21.8. The van der Waals surface area contributed by atoms with Crippen molar-refractivity contribution >= 4 is 21.8 Å². The lowest BCUT2D eigenvalue weighted by atomic mass is 10.1. The summed E-state index contributed by atoms with van der Waals surface area (Å²) in [6, 6.07) is 8.96. The summed E-state index contributed by atoms with van der Waals surface area (Å²) in [7, 11) is 0. The van der Waals surface area contributed by atoms with E-state index in [1.165, 1.54) is 5.56 Å². The average molecular weight is 337 g/mol. The number of carbonyl (C=O) groups is 1. The molecule has 1 aliphatic carbocycles. The van der Waals surface area contributed by atoms with Crippen molar-refractivity contribution < 1.29 is 4.79 Å². The molecule has 0 bridgehead atoms. The van der Waals surface area contributed by atoms with Crippen molar-refractivity contribution in [2.45, 2.75) is 25.8 Å². The fourth-order valence-electron chi connectivity index (χ4n) is 2.87. The number of rotatable bonds is 3. The highest BCUT2D eigenvalue weighted by Crippen LogP contribution is 2.32. The van der Waals surface area contributed by atoms with Gasteiger partial charge >= 0.3 is 0 Å². The molecular formula is C16H21BrN2O. The Labute approximate surface area is 129 Å². The summed E-state index contributed by atoms with van der Waals surface area (Å²) in [4.78, 5) is 16.6. The number of hydrogen-bond donors (Lipinski definition) is 0. The van der Waals surface area contributed by atoms with Crippen LogP contribution in [0.15, 0.2) is 28.7 Å².